The van der Waals surface area contributed by atoms with E-state index in [-0.39, 0.29) is 5.84 Å². The summed E-state index contributed by atoms with van der Waals surface area (Å²) in [4.78, 5) is 1.95. The van der Waals surface area contributed by atoms with Crippen molar-refractivity contribution in [3.8, 4) is 0 Å². The lowest BCUT2D eigenvalue weighted by atomic mass is 10.2. The second-order valence-corrected chi connectivity index (χ2v) is 4.99. The normalized spacial score (nSPS) is 10.5. The van der Waals surface area contributed by atoms with Crippen LogP contribution >= 0.6 is 23.4 Å². The molecule has 0 saturated heterocycles. The molecule has 2 rings (SSSR count). The molecule has 1 aromatic carbocycles. The Morgan fingerprint density at radius 1 is 1.35 bits per heavy atom. The average Bonchev–Trinajstić information content (AvgIpc) is 2.67. The summed E-state index contributed by atoms with van der Waals surface area (Å²) < 4.78 is 5.22. The third kappa shape index (κ3) is 2.65. The second-order valence-electron chi connectivity index (χ2n) is 3.50. The fourth-order valence-corrected chi connectivity index (χ4v) is 2.49. The maximum atomic E-state index is 7.33. The Morgan fingerprint density at radius 2 is 2.12 bits per heavy atom. The number of nitrogens with two attached hydrogens (primary N) is 1. The molecule has 0 aliphatic carbocycles. The molecule has 1 aromatic heterocycles. The lowest BCUT2D eigenvalue weighted by Gasteiger charge is -2.05. The minimum Gasteiger partial charge on any atom is -0.468 e. The van der Waals surface area contributed by atoms with E-state index >= 15 is 0 Å². The molecule has 0 radical (unpaired) electrons. The highest BCUT2D eigenvalue weighted by Gasteiger charge is 2.08. The van der Waals surface area contributed by atoms with Crippen molar-refractivity contribution in [2.75, 3.05) is 0 Å². The second kappa shape index (κ2) is 4.85. The van der Waals surface area contributed by atoms with Crippen LogP contribution in [0, 0.1) is 12.3 Å². The van der Waals surface area contributed by atoms with Crippen LogP contribution in [0.5, 0.6) is 0 Å². The number of hydrogen-bond donors (Lipinski definition) is 2. The van der Waals surface area contributed by atoms with Gasteiger partial charge in [-0.05, 0) is 25.1 Å². The maximum absolute atomic E-state index is 7.33. The molecule has 17 heavy (non-hydrogen) atoms. The van der Waals surface area contributed by atoms with Gasteiger partial charge >= 0.3 is 0 Å². The van der Waals surface area contributed by atoms with Crippen molar-refractivity contribution < 1.29 is 4.42 Å². The Hall–Kier alpha value is -1.39. The number of nitrogen functional groups attached to an aromatic ring is 1. The fourth-order valence-electron chi connectivity index (χ4n) is 1.35. The van der Waals surface area contributed by atoms with Crippen molar-refractivity contribution in [1.82, 2.24) is 0 Å². The third-order valence-corrected chi connectivity index (χ3v) is 3.92. The first-order valence-electron chi connectivity index (χ1n) is 4.94. The van der Waals surface area contributed by atoms with Gasteiger partial charge in [0.2, 0.25) is 0 Å². The quantitative estimate of drug-likeness (QED) is 0.658. The van der Waals surface area contributed by atoms with Crippen LogP contribution in [0.15, 0.2) is 44.7 Å². The molecule has 0 saturated carbocycles. The van der Waals surface area contributed by atoms with Crippen LogP contribution in [0.2, 0.25) is 5.02 Å². The molecular formula is C12H11ClN2OS. The van der Waals surface area contributed by atoms with Crippen LogP contribution in [0.1, 0.15) is 11.3 Å². The van der Waals surface area contributed by atoms with Gasteiger partial charge < -0.3 is 10.2 Å². The number of nitrogens with one attached hydrogen (secondary N) is 1. The standard InChI is InChI=1S/C12H11ClN2OS/c1-7-10(4-5-16-7)17-11-3-2-8(12(14)15)6-9(11)13/h2-6H,1H3,(H3,14,15). The largest absolute Gasteiger partial charge is 0.468 e. The Labute approximate surface area is 108 Å². The zero-order valence-electron chi connectivity index (χ0n) is 9.16. The zero-order valence-corrected chi connectivity index (χ0v) is 10.7. The van der Waals surface area contributed by atoms with E-state index in [1.165, 1.54) is 11.8 Å². The van der Waals surface area contributed by atoms with Gasteiger partial charge in [-0.15, -0.1) is 0 Å². The first-order valence-corrected chi connectivity index (χ1v) is 6.13. The predicted molar refractivity (Wildman–Crippen MR) is 70.0 cm³/mol. The first-order chi connectivity index (χ1) is 8.08. The molecule has 3 N–H and O–H groups in total. The maximum Gasteiger partial charge on any atom is 0.122 e. The molecule has 0 aliphatic heterocycles. The summed E-state index contributed by atoms with van der Waals surface area (Å²) in [6.07, 6.45) is 1.65. The van der Waals surface area contributed by atoms with E-state index in [1.807, 2.05) is 19.1 Å². The Morgan fingerprint density at radius 3 is 2.65 bits per heavy atom. The van der Waals surface area contributed by atoms with Gasteiger partial charge in [0.15, 0.2) is 0 Å². The number of hydrogen-bond acceptors (Lipinski definition) is 3. The van der Waals surface area contributed by atoms with Gasteiger partial charge in [0.05, 0.1) is 16.2 Å². The lowest BCUT2D eigenvalue weighted by molar-refractivity contribution is 0.527. The summed E-state index contributed by atoms with van der Waals surface area (Å²) in [6, 6.07) is 7.24. The third-order valence-electron chi connectivity index (χ3n) is 2.27. The van der Waals surface area contributed by atoms with Crippen molar-refractivity contribution in [3.05, 3.63) is 46.9 Å². The average molecular weight is 267 g/mol. The molecule has 3 nitrogen and oxygen atoms in total. The minimum absolute atomic E-state index is 0.0166. The highest BCUT2D eigenvalue weighted by atomic mass is 35.5. The van der Waals surface area contributed by atoms with E-state index in [2.05, 4.69) is 0 Å². The molecule has 88 valence electrons. The topological polar surface area (TPSA) is 63.0 Å². The SMILES string of the molecule is Cc1occc1Sc1ccc(C(=N)N)cc1Cl. The molecule has 0 fully saturated rings. The molecular weight excluding hydrogens is 256 g/mol. The molecule has 0 bridgehead atoms. The summed E-state index contributed by atoms with van der Waals surface area (Å²) in [7, 11) is 0. The van der Waals surface area contributed by atoms with Gasteiger partial charge in [0.1, 0.15) is 11.6 Å². The number of amidine groups is 1. The summed E-state index contributed by atoms with van der Waals surface area (Å²) in [5, 5.41) is 7.92. The number of rotatable bonds is 3. The highest BCUT2D eigenvalue weighted by molar-refractivity contribution is 7.99. The first kappa shape index (κ1) is 12.1. The van der Waals surface area contributed by atoms with Crippen LogP contribution in [0.3, 0.4) is 0 Å². The number of aryl methyl sites for hydroxylation is 1. The van der Waals surface area contributed by atoms with Crippen molar-refractivity contribution in [2.45, 2.75) is 16.7 Å². The van der Waals surface area contributed by atoms with Gasteiger partial charge in [0.25, 0.3) is 0 Å². The number of benzene rings is 1. The van der Waals surface area contributed by atoms with Crippen molar-refractivity contribution >= 4 is 29.2 Å². The lowest BCUT2D eigenvalue weighted by Crippen LogP contribution is -2.10. The Balaban J connectivity index is 2.29. The van der Waals surface area contributed by atoms with Crippen LogP contribution in [0.25, 0.3) is 0 Å². The van der Waals surface area contributed by atoms with Gasteiger partial charge in [-0.2, -0.15) is 0 Å². The smallest absolute Gasteiger partial charge is 0.122 e. The minimum atomic E-state index is 0.0166. The van der Waals surface area contributed by atoms with E-state index in [0.717, 1.165) is 15.6 Å². The van der Waals surface area contributed by atoms with Crippen molar-refractivity contribution in [3.63, 3.8) is 0 Å². The zero-order chi connectivity index (χ0) is 12.4. The van der Waals surface area contributed by atoms with E-state index in [4.69, 9.17) is 27.2 Å². The van der Waals surface area contributed by atoms with Crippen molar-refractivity contribution in [2.24, 2.45) is 5.73 Å². The molecule has 2 aromatic rings. The van der Waals surface area contributed by atoms with Crippen LogP contribution in [-0.2, 0) is 0 Å². The van der Waals surface area contributed by atoms with E-state index in [0.29, 0.717) is 10.6 Å². The molecule has 1 heterocycles. The molecule has 0 amide bonds. The highest BCUT2D eigenvalue weighted by Crippen LogP contribution is 2.35. The van der Waals surface area contributed by atoms with Gasteiger partial charge in [-0.25, -0.2) is 0 Å². The summed E-state index contributed by atoms with van der Waals surface area (Å²) >= 11 is 7.67. The van der Waals surface area contributed by atoms with Gasteiger partial charge in [-0.3, -0.25) is 5.41 Å². The van der Waals surface area contributed by atoms with E-state index in [9.17, 15) is 0 Å². The van der Waals surface area contributed by atoms with Gasteiger partial charge in [-0.1, -0.05) is 29.4 Å². The van der Waals surface area contributed by atoms with Crippen LogP contribution < -0.4 is 5.73 Å². The molecule has 0 atom stereocenters. The summed E-state index contributed by atoms with van der Waals surface area (Å²) in [5.74, 6) is 0.879. The Bertz CT molecular complexity index is 565. The van der Waals surface area contributed by atoms with E-state index < -0.39 is 0 Å². The number of halogens is 1. The summed E-state index contributed by atoms with van der Waals surface area (Å²) in [6.45, 7) is 1.90. The van der Waals surface area contributed by atoms with Gasteiger partial charge in [0, 0.05) is 10.5 Å². The fraction of sp³-hybridized carbons (Fsp3) is 0.0833. The predicted octanol–water partition coefficient (Wildman–Crippen LogP) is 3.68. The van der Waals surface area contributed by atoms with Crippen LogP contribution in [0.4, 0.5) is 0 Å². The molecule has 5 heteroatoms. The summed E-state index contributed by atoms with van der Waals surface area (Å²) in [5.41, 5.74) is 6.02. The van der Waals surface area contributed by atoms with Crippen molar-refractivity contribution in [1.29, 1.82) is 5.41 Å². The van der Waals surface area contributed by atoms with Crippen LogP contribution in [-0.4, -0.2) is 5.84 Å². The Kier molecular flexibility index (Phi) is 3.45. The van der Waals surface area contributed by atoms with E-state index in [1.54, 1.807) is 18.4 Å². The molecule has 0 aliphatic rings. The monoisotopic (exact) mass is 266 g/mol. The molecule has 0 spiro atoms. The number of furan rings is 1. The molecule has 0 unspecified atom stereocenters.